The van der Waals surface area contributed by atoms with Crippen LogP contribution in [0.1, 0.15) is 43.0 Å². The molecule has 1 aromatic carbocycles. The number of nitrogens with two attached hydrogens (primary N) is 1. The lowest BCUT2D eigenvalue weighted by Crippen LogP contribution is -2.50. The van der Waals surface area contributed by atoms with Gasteiger partial charge in [-0.25, -0.2) is 4.79 Å². The monoisotopic (exact) mass is 374 g/mol. The number of anilines is 1. The molecule has 1 heterocycles. The van der Waals surface area contributed by atoms with Crippen LogP contribution in [0.3, 0.4) is 0 Å². The van der Waals surface area contributed by atoms with Gasteiger partial charge >= 0.3 is 6.09 Å². The number of rotatable bonds is 4. The van der Waals surface area contributed by atoms with Gasteiger partial charge in [0.15, 0.2) is 0 Å². The maximum absolute atomic E-state index is 12.3. The number of carbonyl (C=O) groups excluding carboxylic acids is 1. The number of piperazine rings is 1. The molecule has 0 spiro atoms. The second-order valence-corrected chi connectivity index (χ2v) is 7.83. The number of carbonyl (C=O) groups is 1. The molecular formula is C19H30N6O2. The predicted molar refractivity (Wildman–Crippen MR) is 107 cm³/mol. The fourth-order valence-electron chi connectivity index (χ4n) is 3.35. The topological polar surface area (TPSA) is 108 Å². The van der Waals surface area contributed by atoms with Crippen LogP contribution in [0.5, 0.6) is 0 Å². The quantitative estimate of drug-likeness (QED) is 0.493. The van der Waals surface area contributed by atoms with Crippen LogP contribution in [0.15, 0.2) is 11.2 Å². The number of hydrogen-bond donors (Lipinski definition) is 1. The van der Waals surface area contributed by atoms with Crippen molar-refractivity contribution in [1.82, 2.24) is 4.90 Å². The molecule has 1 aliphatic rings. The van der Waals surface area contributed by atoms with Gasteiger partial charge in [-0.05, 0) is 68.5 Å². The minimum Gasteiger partial charge on any atom is -0.444 e. The van der Waals surface area contributed by atoms with Gasteiger partial charge in [-0.3, -0.25) is 0 Å². The summed E-state index contributed by atoms with van der Waals surface area (Å²) < 4.78 is 5.46. The first-order valence-corrected chi connectivity index (χ1v) is 9.23. The molecule has 1 aromatic rings. The van der Waals surface area contributed by atoms with Crippen molar-refractivity contribution in [1.29, 1.82) is 0 Å². The first-order chi connectivity index (χ1) is 12.7. The van der Waals surface area contributed by atoms with Gasteiger partial charge in [0.1, 0.15) is 5.60 Å². The lowest BCUT2D eigenvalue weighted by molar-refractivity contribution is 0.0240. The molecule has 0 bridgehead atoms. The summed E-state index contributed by atoms with van der Waals surface area (Å²) in [6.07, 6.45) is -0.269. The highest BCUT2D eigenvalue weighted by atomic mass is 16.6. The zero-order valence-corrected chi connectivity index (χ0v) is 16.9. The Hall–Kier alpha value is -2.44. The highest BCUT2D eigenvalue weighted by molar-refractivity contribution is 5.69. The number of ether oxygens (including phenoxy) is 1. The van der Waals surface area contributed by atoms with Crippen LogP contribution in [0, 0.1) is 13.8 Å². The van der Waals surface area contributed by atoms with Gasteiger partial charge in [-0.1, -0.05) is 5.11 Å². The lowest BCUT2D eigenvalue weighted by Gasteiger charge is -2.38. The van der Waals surface area contributed by atoms with E-state index < -0.39 is 5.60 Å². The van der Waals surface area contributed by atoms with Crippen molar-refractivity contribution in [3.63, 3.8) is 0 Å². The van der Waals surface area contributed by atoms with E-state index >= 15 is 0 Å². The standard InChI is InChI=1S/C19H30N6O2/c1-13-15(11-20)10-17(14(2)16(13)12-22-23-21)24-6-8-25(9-7-24)18(26)27-19(3,4)5/h10H,6-9,11-12,20H2,1-5H3. The van der Waals surface area contributed by atoms with Gasteiger partial charge in [0.25, 0.3) is 0 Å². The molecule has 0 unspecified atom stereocenters. The molecule has 27 heavy (non-hydrogen) atoms. The fourth-order valence-corrected chi connectivity index (χ4v) is 3.35. The van der Waals surface area contributed by atoms with Crippen LogP contribution in [-0.4, -0.2) is 42.8 Å². The van der Waals surface area contributed by atoms with E-state index in [1.54, 1.807) is 4.90 Å². The van der Waals surface area contributed by atoms with Gasteiger partial charge in [-0.15, -0.1) is 0 Å². The van der Waals surface area contributed by atoms with Crippen LogP contribution in [-0.2, 0) is 17.8 Å². The Balaban J connectivity index is 2.20. The Labute approximate surface area is 160 Å². The highest BCUT2D eigenvalue weighted by Gasteiger charge is 2.27. The third-order valence-corrected chi connectivity index (χ3v) is 4.87. The van der Waals surface area contributed by atoms with Crippen LogP contribution < -0.4 is 10.6 Å². The van der Waals surface area contributed by atoms with Crippen LogP contribution in [0.4, 0.5) is 10.5 Å². The van der Waals surface area contributed by atoms with Crippen LogP contribution in [0.2, 0.25) is 0 Å². The van der Waals surface area contributed by atoms with E-state index in [1.165, 1.54) is 0 Å². The minimum atomic E-state index is -0.492. The molecule has 0 radical (unpaired) electrons. The second kappa shape index (κ2) is 8.50. The molecule has 1 aliphatic heterocycles. The van der Waals surface area contributed by atoms with E-state index in [-0.39, 0.29) is 6.09 Å². The molecule has 1 fully saturated rings. The summed E-state index contributed by atoms with van der Waals surface area (Å²) in [5.74, 6) is 0. The van der Waals surface area contributed by atoms with Gasteiger partial charge in [0.2, 0.25) is 0 Å². The lowest BCUT2D eigenvalue weighted by atomic mass is 9.95. The molecular weight excluding hydrogens is 344 g/mol. The number of benzene rings is 1. The van der Waals surface area contributed by atoms with Crippen molar-refractivity contribution < 1.29 is 9.53 Å². The zero-order chi connectivity index (χ0) is 20.2. The summed E-state index contributed by atoms with van der Waals surface area (Å²) >= 11 is 0. The summed E-state index contributed by atoms with van der Waals surface area (Å²) in [7, 11) is 0. The van der Waals surface area contributed by atoms with Gasteiger partial charge < -0.3 is 20.3 Å². The second-order valence-electron chi connectivity index (χ2n) is 7.83. The third kappa shape index (κ3) is 5.05. The molecule has 2 N–H and O–H groups in total. The van der Waals surface area contributed by atoms with Crippen LogP contribution in [0.25, 0.3) is 10.4 Å². The van der Waals surface area contributed by atoms with Crippen molar-refractivity contribution in [2.75, 3.05) is 31.1 Å². The molecule has 148 valence electrons. The Morgan fingerprint density at radius 2 is 1.89 bits per heavy atom. The maximum atomic E-state index is 12.3. The molecule has 1 saturated heterocycles. The first kappa shape index (κ1) is 20.9. The molecule has 0 saturated carbocycles. The SMILES string of the molecule is Cc1c(CN)cc(N2CCN(C(=O)OC(C)(C)C)CC2)c(C)c1CN=[N+]=[N-]. The minimum absolute atomic E-state index is 0.269. The summed E-state index contributed by atoms with van der Waals surface area (Å²) in [6, 6.07) is 2.12. The van der Waals surface area contributed by atoms with Crippen molar-refractivity contribution in [2.24, 2.45) is 10.8 Å². The molecule has 8 heteroatoms. The van der Waals surface area contributed by atoms with Crippen molar-refractivity contribution in [3.8, 4) is 0 Å². The van der Waals surface area contributed by atoms with Gasteiger partial charge in [0, 0.05) is 43.3 Å². The summed E-state index contributed by atoms with van der Waals surface area (Å²) in [4.78, 5) is 19.2. The molecule has 0 atom stereocenters. The van der Waals surface area contributed by atoms with E-state index in [2.05, 4.69) is 21.0 Å². The number of azide groups is 1. The highest BCUT2D eigenvalue weighted by Crippen LogP contribution is 2.30. The predicted octanol–water partition coefficient (Wildman–Crippen LogP) is 3.63. The van der Waals surface area contributed by atoms with E-state index in [0.717, 1.165) is 27.9 Å². The Morgan fingerprint density at radius 3 is 2.41 bits per heavy atom. The third-order valence-electron chi connectivity index (χ3n) is 4.87. The fraction of sp³-hybridized carbons (Fsp3) is 0.632. The summed E-state index contributed by atoms with van der Waals surface area (Å²) in [5, 5.41) is 3.75. The van der Waals surface area contributed by atoms with E-state index in [0.29, 0.717) is 39.3 Å². The largest absolute Gasteiger partial charge is 0.444 e. The zero-order valence-electron chi connectivity index (χ0n) is 16.9. The van der Waals surface area contributed by atoms with Crippen molar-refractivity contribution in [3.05, 3.63) is 38.8 Å². The Morgan fingerprint density at radius 1 is 1.26 bits per heavy atom. The van der Waals surface area contributed by atoms with Crippen molar-refractivity contribution >= 4 is 11.8 Å². The Bertz CT molecular complexity index is 742. The molecule has 0 aliphatic carbocycles. The van der Waals surface area contributed by atoms with E-state index in [9.17, 15) is 4.79 Å². The number of hydrogen-bond acceptors (Lipinski definition) is 5. The van der Waals surface area contributed by atoms with Crippen LogP contribution >= 0.6 is 0 Å². The maximum Gasteiger partial charge on any atom is 0.410 e. The molecule has 8 nitrogen and oxygen atoms in total. The molecule has 0 aromatic heterocycles. The molecule has 2 rings (SSSR count). The first-order valence-electron chi connectivity index (χ1n) is 9.23. The normalized spacial score (nSPS) is 14.7. The average Bonchev–Trinajstić information content (AvgIpc) is 2.61. The average molecular weight is 374 g/mol. The number of nitrogens with zero attached hydrogens (tertiary/aromatic N) is 5. The Kier molecular flexibility index (Phi) is 6.57. The van der Waals surface area contributed by atoms with Gasteiger partial charge in [0.05, 0.1) is 6.54 Å². The van der Waals surface area contributed by atoms with Crippen molar-refractivity contribution in [2.45, 2.75) is 53.3 Å². The van der Waals surface area contributed by atoms with Gasteiger partial charge in [-0.2, -0.15) is 0 Å². The smallest absolute Gasteiger partial charge is 0.410 e. The van der Waals surface area contributed by atoms with E-state index in [1.807, 2.05) is 34.6 Å². The summed E-state index contributed by atoms with van der Waals surface area (Å²) in [6.45, 7) is 13.1. The summed E-state index contributed by atoms with van der Waals surface area (Å²) in [5.41, 5.74) is 19.5. The van der Waals surface area contributed by atoms with E-state index in [4.69, 9.17) is 16.0 Å². The molecule has 1 amide bonds. The number of amides is 1.